The molecule has 0 unspecified atom stereocenters. The van der Waals surface area contributed by atoms with Gasteiger partial charge < -0.3 is 10.3 Å². The van der Waals surface area contributed by atoms with Gasteiger partial charge in [-0.1, -0.05) is 19.0 Å². The minimum atomic E-state index is -3.44. The Morgan fingerprint density at radius 2 is 2.05 bits per heavy atom. The summed E-state index contributed by atoms with van der Waals surface area (Å²) in [5.41, 5.74) is 5.57. The first-order chi connectivity index (χ1) is 9.73. The van der Waals surface area contributed by atoms with Crippen LogP contribution in [0.3, 0.4) is 0 Å². The minimum Gasteiger partial charge on any atom is -0.340 e. The van der Waals surface area contributed by atoms with Crippen molar-refractivity contribution in [3.8, 4) is 0 Å². The molecule has 1 saturated heterocycles. The van der Waals surface area contributed by atoms with Gasteiger partial charge in [-0.05, 0) is 18.8 Å². The molecule has 9 heteroatoms. The van der Waals surface area contributed by atoms with Crippen LogP contribution in [0.5, 0.6) is 0 Å². The van der Waals surface area contributed by atoms with E-state index in [-0.39, 0.29) is 5.92 Å². The van der Waals surface area contributed by atoms with Crippen molar-refractivity contribution in [3.63, 3.8) is 0 Å². The lowest BCUT2D eigenvalue weighted by molar-refractivity contribution is 0.221. The summed E-state index contributed by atoms with van der Waals surface area (Å²) in [6.07, 6.45) is 0.934. The highest BCUT2D eigenvalue weighted by Crippen LogP contribution is 2.29. The van der Waals surface area contributed by atoms with Crippen LogP contribution in [-0.4, -0.2) is 42.5 Å². The summed E-state index contributed by atoms with van der Waals surface area (Å²) in [7, 11) is -3.44. The smallest absolute Gasteiger partial charge is 0.279 e. The van der Waals surface area contributed by atoms with E-state index in [0.29, 0.717) is 44.2 Å². The molecule has 2 rings (SSSR count). The average molecular weight is 317 g/mol. The third-order valence-corrected chi connectivity index (χ3v) is 5.18. The Labute approximate surface area is 125 Å². The predicted molar refractivity (Wildman–Crippen MR) is 77.5 cm³/mol. The molecule has 120 valence electrons. The number of aryl methyl sites for hydroxylation is 1. The van der Waals surface area contributed by atoms with Crippen molar-refractivity contribution in [3.05, 3.63) is 11.7 Å². The molecule has 1 fully saturated rings. The summed E-state index contributed by atoms with van der Waals surface area (Å²) >= 11 is 0. The van der Waals surface area contributed by atoms with E-state index in [1.807, 2.05) is 13.8 Å². The Hall–Kier alpha value is -1.03. The highest BCUT2D eigenvalue weighted by atomic mass is 32.2. The van der Waals surface area contributed by atoms with E-state index in [9.17, 15) is 8.42 Å². The van der Waals surface area contributed by atoms with Crippen molar-refractivity contribution in [1.29, 1.82) is 0 Å². The number of piperidine rings is 1. The molecule has 0 saturated carbocycles. The van der Waals surface area contributed by atoms with Gasteiger partial charge in [-0.2, -0.15) is 17.7 Å². The van der Waals surface area contributed by atoms with Crippen LogP contribution in [0.15, 0.2) is 4.52 Å². The molecule has 21 heavy (non-hydrogen) atoms. The van der Waals surface area contributed by atoms with Crippen LogP contribution in [0.4, 0.5) is 0 Å². The first-order valence-electron chi connectivity index (χ1n) is 7.07. The second kappa shape index (κ2) is 5.99. The number of nitrogens with one attached hydrogen (secondary N) is 1. The third kappa shape index (κ3) is 3.79. The minimum absolute atomic E-state index is 0.264. The maximum Gasteiger partial charge on any atom is 0.279 e. The molecule has 1 aliphatic rings. The highest BCUT2D eigenvalue weighted by molar-refractivity contribution is 7.87. The summed E-state index contributed by atoms with van der Waals surface area (Å²) in [6, 6.07) is 0. The Balaban J connectivity index is 1.99. The van der Waals surface area contributed by atoms with Crippen molar-refractivity contribution < 1.29 is 12.9 Å². The number of aromatic nitrogens is 2. The van der Waals surface area contributed by atoms with Gasteiger partial charge in [0.2, 0.25) is 5.89 Å². The largest absolute Gasteiger partial charge is 0.340 e. The molecule has 1 aliphatic heterocycles. The van der Waals surface area contributed by atoms with Crippen LogP contribution in [0.2, 0.25) is 0 Å². The van der Waals surface area contributed by atoms with Crippen molar-refractivity contribution in [2.45, 2.75) is 39.2 Å². The van der Waals surface area contributed by atoms with Crippen LogP contribution in [0, 0.1) is 12.8 Å². The molecule has 0 spiro atoms. The lowest BCUT2D eigenvalue weighted by Gasteiger charge is -2.36. The maximum atomic E-state index is 12.2. The molecule has 0 radical (unpaired) electrons. The Morgan fingerprint density at radius 1 is 1.43 bits per heavy atom. The second-order valence-electron chi connectivity index (χ2n) is 5.94. The summed E-state index contributed by atoms with van der Waals surface area (Å²) < 4.78 is 33.3. The Kier molecular flexibility index (Phi) is 4.66. The van der Waals surface area contributed by atoms with Crippen LogP contribution >= 0.6 is 0 Å². The lowest BCUT2D eigenvalue weighted by Crippen LogP contribution is -2.53. The molecule has 0 amide bonds. The summed E-state index contributed by atoms with van der Waals surface area (Å²) in [6.45, 7) is 6.74. The van der Waals surface area contributed by atoms with Gasteiger partial charge in [0.05, 0.1) is 5.54 Å². The van der Waals surface area contributed by atoms with Crippen molar-refractivity contribution in [2.75, 3.05) is 19.6 Å². The van der Waals surface area contributed by atoms with E-state index >= 15 is 0 Å². The zero-order valence-corrected chi connectivity index (χ0v) is 13.5. The number of nitrogens with zero attached hydrogens (tertiary/aromatic N) is 3. The normalized spacial score (nSPS) is 20.0. The zero-order valence-electron chi connectivity index (χ0n) is 12.7. The molecule has 0 aliphatic carbocycles. The molecule has 0 bridgehead atoms. The molecule has 8 nitrogen and oxygen atoms in total. The number of hydrogen-bond acceptors (Lipinski definition) is 6. The third-order valence-electron chi connectivity index (χ3n) is 3.60. The fraction of sp³-hybridized carbons (Fsp3) is 0.833. The van der Waals surface area contributed by atoms with Gasteiger partial charge in [0.15, 0.2) is 5.82 Å². The highest BCUT2D eigenvalue weighted by Gasteiger charge is 2.39. The van der Waals surface area contributed by atoms with Crippen molar-refractivity contribution >= 4 is 10.2 Å². The SMILES string of the molecule is Cc1nc(C2(N)CCN(S(=O)(=O)NCC(C)C)CC2)no1. The van der Waals surface area contributed by atoms with E-state index in [4.69, 9.17) is 10.3 Å². The molecule has 1 aromatic rings. The van der Waals surface area contributed by atoms with Gasteiger partial charge in [0.1, 0.15) is 0 Å². The van der Waals surface area contributed by atoms with Crippen LogP contribution in [0.1, 0.15) is 38.4 Å². The number of nitrogens with two attached hydrogens (primary N) is 1. The summed E-state index contributed by atoms with van der Waals surface area (Å²) in [4.78, 5) is 4.17. The van der Waals surface area contributed by atoms with E-state index < -0.39 is 15.7 Å². The van der Waals surface area contributed by atoms with Crippen molar-refractivity contribution in [1.82, 2.24) is 19.2 Å². The van der Waals surface area contributed by atoms with Crippen LogP contribution < -0.4 is 10.5 Å². The summed E-state index contributed by atoms with van der Waals surface area (Å²) in [5, 5.41) is 3.86. The molecule has 0 atom stereocenters. The van der Waals surface area contributed by atoms with E-state index in [1.54, 1.807) is 6.92 Å². The Bertz CT molecular complexity index is 575. The quantitative estimate of drug-likeness (QED) is 0.797. The molecule has 3 N–H and O–H groups in total. The molecular formula is C12H23N5O3S. The first kappa shape index (κ1) is 16.3. The molecule has 1 aromatic heterocycles. The molecule has 2 heterocycles. The second-order valence-corrected chi connectivity index (χ2v) is 7.69. The van der Waals surface area contributed by atoms with Gasteiger partial charge >= 0.3 is 0 Å². The van der Waals surface area contributed by atoms with E-state index in [0.717, 1.165) is 0 Å². The van der Waals surface area contributed by atoms with E-state index in [1.165, 1.54) is 4.31 Å². The zero-order chi connectivity index (χ0) is 15.7. The number of hydrogen-bond donors (Lipinski definition) is 2. The first-order valence-corrected chi connectivity index (χ1v) is 8.51. The van der Waals surface area contributed by atoms with Crippen LogP contribution in [-0.2, 0) is 15.7 Å². The topological polar surface area (TPSA) is 114 Å². The van der Waals surface area contributed by atoms with Gasteiger partial charge in [0, 0.05) is 26.6 Å². The van der Waals surface area contributed by atoms with Gasteiger partial charge in [-0.15, -0.1) is 0 Å². The van der Waals surface area contributed by atoms with Gasteiger partial charge in [-0.3, -0.25) is 0 Å². The standard InChI is InChI=1S/C12H23N5O3S/c1-9(2)8-14-21(18,19)17-6-4-12(13,5-7-17)11-15-10(3)20-16-11/h9,14H,4-8,13H2,1-3H3. The summed E-state index contributed by atoms with van der Waals surface area (Å²) in [5.74, 6) is 1.18. The molecular weight excluding hydrogens is 294 g/mol. The fourth-order valence-electron chi connectivity index (χ4n) is 2.21. The van der Waals surface area contributed by atoms with E-state index in [2.05, 4.69) is 14.9 Å². The predicted octanol–water partition coefficient (Wildman–Crippen LogP) is 0.118. The maximum absolute atomic E-state index is 12.2. The van der Waals surface area contributed by atoms with Gasteiger partial charge in [0.25, 0.3) is 10.2 Å². The van der Waals surface area contributed by atoms with Crippen LogP contribution in [0.25, 0.3) is 0 Å². The van der Waals surface area contributed by atoms with Crippen molar-refractivity contribution in [2.24, 2.45) is 11.7 Å². The lowest BCUT2D eigenvalue weighted by atomic mass is 9.89. The Morgan fingerprint density at radius 3 is 2.52 bits per heavy atom. The fourth-order valence-corrected chi connectivity index (χ4v) is 3.60. The monoisotopic (exact) mass is 317 g/mol. The number of rotatable bonds is 5. The van der Waals surface area contributed by atoms with Gasteiger partial charge in [-0.25, -0.2) is 4.72 Å². The average Bonchev–Trinajstić information content (AvgIpc) is 2.85. The molecule has 0 aromatic carbocycles.